The van der Waals surface area contributed by atoms with Gasteiger partial charge in [-0.25, -0.2) is 8.97 Å². The van der Waals surface area contributed by atoms with Crippen molar-refractivity contribution in [2.75, 3.05) is 13.6 Å². The van der Waals surface area contributed by atoms with E-state index < -0.39 is 60.0 Å². The highest BCUT2D eigenvalue weighted by molar-refractivity contribution is 5.97. The summed E-state index contributed by atoms with van der Waals surface area (Å²) in [7, 11) is 1.54. The Bertz CT molecular complexity index is 1910. The molecule has 1 aliphatic heterocycles. The van der Waals surface area contributed by atoms with Crippen LogP contribution < -0.4 is 20.5 Å². The van der Waals surface area contributed by atoms with Gasteiger partial charge in [-0.15, -0.1) is 0 Å². The number of rotatable bonds is 10. The smallest absolute Gasteiger partial charge is 0.286 e. The summed E-state index contributed by atoms with van der Waals surface area (Å²) in [4.78, 5) is 73.3. The zero-order valence-corrected chi connectivity index (χ0v) is 29.4. The van der Waals surface area contributed by atoms with Gasteiger partial charge in [-0.3, -0.25) is 24.0 Å². The molecule has 0 bridgehead atoms. The van der Waals surface area contributed by atoms with Gasteiger partial charge >= 0.3 is 0 Å². The highest BCUT2D eigenvalue weighted by Gasteiger charge is 2.37. The van der Waals surface area contributed by atoms with Gasteiger partial charge in [0, 0.05) is 49.0 Å². The Morgan fingerprint density at radius 3 is 2.51 bits per heavy atom. The fourth-order valence-corrected chi connectivity index (χ4v) is 6.96. The van der Waals surface area contributed by atoms with Crippen molar-refractivity contribution in [1.82, 2.24) is 30.2 Å². The minimum atomic E-state index is -1.18. The van der Waals surface area contributed by atoms with Crippen LogP contribution in [0.1, 0.15) is 51.5 Å². The number of carbonyl (C=O) groups excluding carboxylic acids is 5. The Morgan fingerprint density at radius 2 is 1.75 bits per heavy atom. The molecule has 0 radical (unpaired) electrons. The van der Waals surface area contributed by atoms with Crippen molar-refractivity contribution in [3.05, 3.63) is 85.2 Å². The summed E-state index contributed by atoms with van der Waals surface area (Å²) in [6, 6.07) is 10.5. The van der Waals surface area contributed by atoms with Crippen LogP contribution in [0.15, 0.2) is 79.6 Å². The van der Waals surface area contributed by atoms with Crippen LogP contribution in [0, 0.1) is 11.8 Å². The zero-order valence-electron chi connectivity index (χ0n) is 29.4. The first-order valence-electron chi connectivity index (χ1n) is 17.5. The van der Waals surface area contributed by atoms with Crippen LogP contribution in [0.5, 0.6) is 0 Å². The summed E-state index contributed by atoms with van der Waals surface area (Å²) in [6.07, 6.45) is 8.99. The number of fused-ring (bicyclic) bond motifs is 2. The van der Waals surface area contributed by atoms with Crippen LogP contribution in [0.4, 0.5) is 0 Å². The van der Waals surface area contributed by atoms with Crippen LogP contribution in [0.2, 0.25) is 0 Å². The van der Waals surface area contributed by atoms with E-state index in [0.29, 0.717) is 19.4 Å². The molecule has 5 rings (SSSR count). The number of ketones is 1. The monoisotopic (exact) mass is 698 g/mol. The van der Waals surface area contributed by atoms with Crippen molar-refractivity contribution >= 4 is 46.0 Å². The van der Waals surface area contributed by atoms with Crippen LogP contribution in [-0.4, -0.2) is 80.5 Å². The lowest BCUT2D eigenvalue weighted by atomic mass is 9.88. The minimum Gasteiger partial charge on any atom is -0.513 e. The molecule has 1 aromatic carbocycles. The van der Waals surface area contributed by atoms with Gasteiger partial charge in [-0.05, 0) is 49.3 Å². The number of H-pyrrole nitrogens is 1. The molecule has 4 amide bonds. The highest BCUT2D eigenvalue weighted by atomic mass is 16.3. The predicted octanol–water partition coefficient (Wildman–Crippen LogP) is 2.74. The lowest BCUT2D eigenvalue weighted by Crippen LogP contribution is -2.57. The third-order valence-electron chi connectivity index (χ3n) is 9.53. The molecule has 1 saturated heterocycles. The van der Waals surface area contributed by atoms with E-state index in [0.717, 1.165) is 28.5 Å². The van der Waals surface area contributed by atoms with Crippen molar-refractivity contribution in [3.8, 4) is 0 Å². The molecule has 3 aromatic heterocycles. The topological polar surface area (TPSA) is 169 Å². The third-order valence-corrected chi connectivity index (χ3v) is 9.53. The maximum Gasteiger partial charge on any atom is 0.286 e. The Labute approximate surface area is 297 Å². The number of benzene rings is 1. The Morgan fingerprint density at radius 1 is 0.980 bits per heavy atom. The van der Waals surface area contributed by atoms with Gasteiger partial charge in [0.2, 0.25) is 23.6 Å². The lowest BCUT2D eigenvalue weighted by molar-refractivity contribution is -0.671. The molecule has 0 unspecified atom stereocenters. The van der Waals surface area contributed by atoms with Crippen LogP contribution >= 0.6 is 0 Å². The van der Waals surface area contributed by atoms with Crippen LogP contribution in [0.25, 0.3) is 16.6 Å². The van der Waals surface area contributed by atoms with Gasteiger partial charge in [0.1, 0.15) is 24.5 Å². The molecular formula is C38H48N7O6+. The van der Waals surface area contributed by atoms with Gasteiger partial charge in [0.25, 0.3) is 5.65 Å². The van der Waals surface area contributed by atoms with Crippen molar-refractivity contribution in [2.24, 2.45) is 11.8 Å². The molecule has 4 heterocycles. The molecule has 13 heteroatoms. The molecule has 4 aromatic rings. The maximum atomic E-state index is 14.4. The summed E-state index contributed by atoms with van der Waals surface area (Å²) in [6.45, 7) is 7.38. The van der Waals surface area contributed by atoms with E-state index in [9.17, 15) is 29.1 Å². The zero-order chi connectivity index (χ0) is 36.7. The molecule has 13 nitrogen and oxygen atoms in total. The number of imidazole rings is 1. The van der Waals surface area contributed by atoms with Crippen molar-refractivity contribution in [2.45, 2.75) is 77.0 Å². The number of nitrogens with zero attached hydrogens (tertiary/aromatic N) is 3. The summed E-state index contributed by atoms with van der Waals surface area (Å²) >= 11 is 0. The van der Waals surface area contributed by atoms with Crippen molar-refractivity contribution in [3.63, 3.8) is 0 Å². The number of nitrogens with one attached hydrogen (secondary N) is 4. The number of unbranched alkanes of at least 4 members (excludes halogenated alkanes) is 1. The van der Waals surface area contributed by atoms with Gasteiger partial charge in [-0.1, -0.05) is 44.7 Å². The summed E-state index contributed by atoms with van der Waals surface area (Å²) in [5.74, 6) is -4.17. The second-order valence-corrected chi connectivity index (χ2v) is 13.7. The number of pyridine rings is 1. The van der Waals surface area contributed by atoms with E-state index in [4.69, 9.17) is 0 Å². The fourth-order valence-electron chi connectivity index (χ4n) is 6.96. The number of aliphatic hydroxyl groups is 1. The van der Waals surface area contributed by atoms with Gasteiger partial charge < -0.3 is 30.9 Å². The molecule has 0 spiro atoms. The van der Waals surface area contributed by atoms with Crippen molar-refractivity contribution < 1.29 is 33.6 Å². The molecule has 4 atom stereocenters. The molecular weight excluding hydrogens is 650 g/mol. The number of para-hydroxylation sites is 1. The number of Topliss-reactive ketones (excluding diaryl/α,β-unsaturated/α-hetero) is 1. The molecule has 270 valence electrons. The Kier molecular flexibility index (Phi) is 11.9. The molecule has 0 aliphatic carbocycles. The third kappa shape index (κ3) is 9.02. The summed E-state index contributed by atoms with van der Waals surface area (Å²) in [5, 5.41) is 19.0. The molecule has 51 heavy (non-hydrogen) atoms. The van der Waals surface area contributed by atoms with Gasteiger partial charge in [0.05, 0.1) is 31.1 Å². The second-order valence-electron chi connectivity index (χ2n) is 13.7. The van der Waals surface area contributed by atoms with E-state index in [1.165, 1.54) is 4.90 Å². The maximum absolute atomic E-state index is 14.4. The van der Waals surface area contributed by atoms with Crippen molar-refractivity contribution in [1.29, 1.82) is 0 Å². The van der Waals surface area contributed by atoms with E-state index in [1.54, 1.807) is 13.2 Å². The minimum absolute atomic E-state index is 0.184. The first-order chi connectivity index (χ1) is 24.4. The summed E-state index contributed by atoms with van der Waals surface area (Å²) < 4.78 is 4.13. The average Bonchev–Trinajstić information content (AvgIpc) is 3.70. The second kappa shape index (κ2) is 16.5. The number of hydrogen-bond acceptors (Lipinski definition) is 6. The van der Waals surface area contributed by atoms with E-state index in [2.05, 4.69) is 32.1 Å². The normalized spacial score (nSPS) is 21.3. The number of aromatic nitrogens is 3. The fraction of sp³-hybridized carbons (Fsp3) is 0.421. The SMILES string of the molecule is C=C(O)C[C@@H]1NC(=O)CNC(=O)[C@H](CCCC[n+]2ccn3ccccc32)NC(=O)[C@H](C(C)C)N(C)C(=O)[C@@H](Cc2c[nH]c3ccccc23)CC1=O. The number of hydrogen-bond donors (Lipinski definition) is 5. The standard InChI is InChI=1S/C38H47N7O6/c1-24(2)35-37(50)42-30(13-7-9-15-44-17-18-45-16-10-8-14-34(44)45)36(49)40-23-33(48)41-31(19-25(3)46)32(47)21-26(38(51)43(35)4)20-27-22-39-29-12-6-5-11-28(27)29/h5-6,8,10-12,14,16-18,22,24,26,30-31,35,39H,3,7,9,13,15,19-21,23H2,1-2,4H3,(H3-,40,41,42,46,48,49,50)/p+1/t26-,30-,31-,35-/m0/s1. The molecule has 5 N–H and O–H groups in total. The van der Waals surface area contributed by atoms with Crippen LogP contribution in [0.3, 0.4) is 0 Å². The number of aliphatic hydroxyl groups excluding tert-OH is 1. The van der Waals surface area contributed by atoms with E-state index in [1.807, 2.05) is 79.3 Å². The lowest BCUT2D eigenvalue weighted by Gasteiger charge is -2.34. The van der Waals surface area contributed by atoms with E-state index in [-0.39, 0.29) is 30.9 Å². The number of amides is 4. The number of likely N-dealkylation sites (N-methyl/N-ethyl adjacent to an activating group) is 1. The van der Waals surface area contributed by atoms with E-state index >= 15 is 0 Å². The first-order valence-corrected chi connectivity index (χ1v) is 17.5. The molecule has 1 aliphatic rings. The number of aromatic amines is 1. The first kappa shape index (κ1) is 36.8. The molecule has 1 fully saturated rings. The molecule has 0 saturated carbocycles. The largest absolute Gasteiger partial charge is 0.513 e. The Balaban J connectivity index is 1.40. The average molecular weight is 699 g/mol. The highest BCUT2D eigenvalue weighted by Crippen LogP contribution is 2.26. The van der Waals surface area contributed by atoms with Gasteiger partial charge in [0.15, 0.2) is 5.78 Å². The number of aryl methyl sites for hydroxylation is 1. The Hall–Kier alpha value is -5.46. The predicted molar refractivity (Wildman–Crippen MR) is 191 cm³/mol. The van der Waals surface area contributed by atoms with Crippen LogP contribution in [-0.2, 0) is 36.9 Å². The summed E-state index contributed by atoms with van der Waals surface area (Å²) in [5.41, 5.74) is 2.73. The van der Waals surface area contributed by atoms with Gasteiger partial charge in [-0.2, -0.15) is 0 Å². The number of carbonyl (C=O) groups is 5. The quantitative estimate of drug-likeness (QED) is 0.0970.